The van der Waals surface area contributed by atoms with Gasteiger partial charge in [-0.2, -0.15) is 0 Å². The fourth-order valence-electron chi connectivity index (χ4n) is 0. The van der Waals surface area contributed by atoms with E-state index in [2.05, 4.69) is 0 Å². The molecule has 0 atom stereocenters. The van der Waals surface area contributed by atoms with Crippen LogP contribution < -0.4 is 0 Å². The minimum atomic E-state index is 0. The van der Waals surface area contributed by atoms with E-state index in [1.54, 1.807) is 0 Å². The van der Waals surface area contributed by atoms with E-state index in [-0.39, 0.29) is 91.8 Å². The van der Waals surface area contributed by atoms with E-state index in [0.29, 0.717) is 0 Å². The van der Waals surface area contributed by atoms with Gasteiger partial charge in [-0.3, -0.25) is 0 Å². The maximum atomic E-state index is 0. The Kier molecular flexibility index (Phi) is 111. The summed E-state index contributed by atoms with van der Waals surface area (Å²) in [5, 5.41) is 0. The van der Waals surface area contributed by atoms with Gasteiger partial charge in [0.1, 0.15) is 0 Å². The standard InChI is InChI=1S/P.3Tl/q-3;3*+1. The molecule has 0 aromatic heterocycles. The molecule has 4 heavy (non-hydrogen) atoms. The molecular weight excluding hydrogens is 644 g/mol. The number of hydrogen-bond acceptors (Lipinski definition) is 0. The Bertz CT molecular complexity index is 3.25. The third-order valence-corrected chi connectivity index (χ3v) is 0. The molecule has 0 heterocycles. The summed E-state index contributed by atoms with van der Waals surface area (Å²) in [5.41, 5.74) is 0. The smallest absolute Gasteiger partial charge is 1.00 e. The second-order valence-electron chi connectivity index (χ2n) is 0. The molecule has 0 bridgehead atoms. The number of hydrogen-bond donors (Lipinski definition) is 0. The molecule has 0 aromatic rings. The van der Waals surface area contributed by atoms with Crippen molar-refractivity contribution in [3.8, 4) is 0 Å². The van der Waals surface area contributed by atoms with E-state index in [1.165, 1.54) is 0 Å². The molecule has 0 aromatic carbocycles. The van der Waals surface area contributed by atoms with Crippen molar-refractivity contribution in [3.63, 3.8) is 0 Å². The minimum Gasteiger partial charge on any atom is -3.00 e. The Morgan fingerprint density at radius 3 is 0.500 bits per heavy atom. The Hall–Kier alpha value is 3.20. The molecule has 0 saturated heterocycles. The zero-order valence-electron chi connectivity index (χ0n) is 2.18. The summed E-state index contributed by atoms with van der Waals surface area (Å²) >= 11 is 0. The topological polar surface area (TPSA) is 0 Å². The van der Waals surface area contributed by atoms with Crippen molar-refractivity contribution >= 4 is 91.8 Å². The van der Waals surface area contributed by atoms with Crippen LogP contribution in [-0.4, -0.2) is 81.9 Å². The van der Waals surface area contributed by atoms with Crippen LogP contribution in [0.25, 0.3) is 0 Å². The molecule has 0 aliphatic rings. The molecule has 0 saturated carbocycles. The van der Waals surface area contributed by atoms with E-state index in [4.69, 9.17) is 0 Å². The molecule has 0 nitrogen and oxygen atoms in total. The third-order valence-electron chi connectivity index (χ3n) is 0. The molecule has 0 amide bonds. The van der Waals surface area contributed by atoms with Crippen molar-refractivity contribution in [2.24, 2.45) is 0 Å². The van der Waals surface area contributed by atoms with Crippen LogP contribution in [0.2, 0.25) is 0 Å². The summed E-state index contributed by atoms with van der Waals surface area (Å²) in [6, 6.07) is 0. The molecule has 14 valence electrons. The maximum absolute atomic E-state index is 0. The van der Waals surface area contributed by atoms with Crippen LogP contribution in [0.1, 0.15) is 0 Å². The minimum absolute atomic E-state index is 0. The van der Waals surface area contributed by atoms with Crippen LogP contribution in [0.15, 0.2) is 0 Å². The van der Waals surface area contributed by atoms with Gasteiger partial charge in [-0.1, -0.05) is 0 Å². The molecule has 0 aliphatic carbocycles. The van der Waals surface area contributed by atoms with Gasteiger partial charge in [-0.05, 0) is 0 Å². The van der Waals surface area contributed by atoms with E-state index >= 15 is 0 Å². The fourth-order valence-corrected chi connectivity index (χ4v) is 0. The van der Waals surface area contributed by atoms with Gasteiger partial charge in [0.25, 0.3) is 0 Å². The van der Waals surface area contributed by atoms with Gasteiger partial charge < -0.3 is 9.90 Å². The van der Waals surface area contributed by atoms with Crippen LogP contribution in [-0.2, 0) is 0 Å². The molecular formula is PTl3. The summed E-state index contributed by atoms with van der Waals surface area (Å²) in [6.07, 6.45) is 0. The van der Waals surface area contributed by atoms with Gasteiger partial charge in [0, 0.05) is 0 Å². The van der Waals surface area contributed by atoms with Crippen molar-refractivity contribution in [1.29, 1.82) is 0 Å². The first kappa shape index (κ1) is 27.0. The fraction of sp³-hybridized carbons (Fsp3) is 0. The third kappa shape index (κ3) is 8.96. The average molecular weight is 644 g/mol. The predicted molar refractivity (Wildman–Crippen MR) is 24.2 cm³/mol. The molecule has 0 fully saturated rings. The van der Waals surface area contributed by atoms with E-state index < -0.39 is 0 Å². The van der Waals surface area contributed by atoms with Crippen molar-refractivity contribution in [2.75, 3.05) is 0 Å². The largest absolute Gasteiger partial charge is 3.00 e. The molecule has 4 heteroatoms. The summed E-state index contributed by atoms with van der Waals surface area (Å²) in [4.78, 5) is 0. The summed E-state index contributed by atoms with van der Waals surface area (Å²) in [6.45, 7) is 0. The maximum Gasteiger partial charge on any atom is 1.00 e. The summed E-state index contributed by atoms with van der Waals surface area (Å²) in [5.74, 6) is 0. The molecule has 0 radical (unpaired) electrons. The van der Waals surface area contributed by atoms with Crippen LogP contribution in [0.5, 0.6) is 0 Å². The molecule has 0 aliphatic heterocycles. The van der Waals surface area contributed by atoms with Crippen molar-refractivity contribution in [1.82, 2.24) is 0 Å². The molecule has 0 rings (SSSR count). The SMILES string of the molecule is [P-3].[Tl+].[Tl+].[Tl+]. The van der Waals surface area contributed by atoms with Crippen molar-refractivity contribution in [2.45, 2.75) is 0 Å². The Balaban J connectivity index is 0. The molecule has 0 N–H and O–H groups in total. The van der Waals surface area contributed by atoms with Crippen molar-refractivity contribution < 1.29 is 0 Å². The second-order valence-corrected chi connectivity index (χ2v) is 0. The van der Waals surface area contributed by atoms with Gasteiger partial charge in [0.05, 0.1) is 0 Å². The number of rotatable bonds is 0. The Labute approximate surface area is 90.0 Å². The van der Waals surface area contributed by atoms with E-state index in [1.807, 2.05) is 0 Å². The normalized spacial score (nSPS) is 0. The van der Waals surface area contributed by atoms with Gasteiger partial charge in [0.15, 0.2) is 0 Å². The second kappa shape index (κ2) is 16.4. The first-order valence-electron chi connectivity index (χ1n) is 0. The van der Waals surface area contributed by atoms with Crippen LogP contribution in [0.4, 0.5) is 0 Å². The van der Waals surface area contributed by atoms with Gasteiger partial charge in [-0.25, -0.2) is 0 Å². The van der Waals surface area contributed by atoms with Crippen LogP contribution >= 0.6 is 9.90 Å². The van der Waals surface area contributed by atoms with Crippen LogP contribution in [0.3, 0.4) is 0 Å². The Morgan fingerprint density at radius 2 is 0.500 bits per heavy atom. The monoisotopic (exact) mass is 646 g/mol. The van der Waals surface area contributed by atoms with Crippen molar-refractivity contribution in [3.05, 3.63) is 0 Å². The average Bonchev–Trinajstić information content (AvgIpc) is 0. The predicted octanol–water partition coefficient (Wildman–Crippen LogP) is -0.281. The molecule has 0 unspecified atom stereocenters. The quantitative estimate of drug-likeness (QED) is 0.252. The van der Waals surface area contributed by atoms with E-state index in [0.717, 1.165) is 0 Å². The van der Waals surface area contributed by atoms with Gasteiger partial charge >= 0.3 is 81.9 Å². The summed E-state index contributed by atoms with van der Waals surface area (Å²) in [7, 11) is 0. The van der Waals surface area contributed by atoms with Gasteiger partial charge in [-0.15, -0.1) is 0 Å². The first-order valence-corrected chi connectivity index (χ1v) is 0. The van der Waals surface area contributed by atoms with Gasteiger partial charge in [0.2, 0.25) is 0 Å². The zero-order chi connectivity index (χ0) is 0. The molecule has 0 spiro atoms. The summed E-state index contributed by atoms with van der Waals surface area (Å²) < 4.78 is 0. The van der Waals surface area contributed by atoms with Crippen LogP contribution in [0, 0.1) is 0 Å². The first-order chi connectivity index (χ1) is 0. The van der Waals surface area contributed by atoms with E-state index in [9.17, 15) is 0 Å². The Morgan fingerprint density at radius 1 is 0.500 bits per heavy atom. The zero-order valence-corrected chi connectivity index (χ0v) is 16.5.